The molecular formula is C9H7F2IN2O4. The summed E-state index contributed by atoms with van der Waals surface area (Å²) in [7, 11) is 1.11. The maximum absolute atomic E-state index is 12.6. The van der Waals surface area contributed by atoms with Crippen molar-refractivity contribution >= 4 is 34.2 Å². The minimum Gasteiger partial charge on any atom is -0.469 e. The van der Waals surface area contributed by atoms with E-state index in [1.807, 2.05) is 0 Å². The molecule has 0 N–H and O–H groups in total. The number of carbonyl (C=O) groups is 1. The van der Waals surface area contributed by atoms with E-state index in [1.165, 1.54) is 0 Å². The van der Waals surface area contributed by atoms with Crippen LogP contribution in [0.3, 0.4) is 0 Å². The van der Waals surface area contributed by atoms with E-state index in [1.54, 1.807) is 22.6 Å². The predicted molar refractivity (Wildman–Crippen MR) is 64.3 cm³/mol. The molecule has 0 unspecified atom stereocenters. The van der Waals surface area contributed by atoms with Crippen LogP contribution in [0.1, 0.15) is 17.7 Å². The van der Waals surface area contributed by atoms with Crippen LogP contribution in [-0.2, 0) is 16.0 Å². The van der Waals surface area contributed by atoms with E-state index in [0.29, 0.717) is 0 Å². The molecule has 1 aromatic heterocycles. The Morgan fingerprint density at radius 3 is 2.72 bits per heavy atom. The number of halogens is 3. The summed E-state index contributed by atoms with van der Waals surface area (Å²) >= 11 is 1.69. The van der Waals surface area contributed by atoms with Crippen LogP contribution in [0.2, 0.25) is 0 Å². The monoisotopic (exact) mass is 372 g/mol. The number of ether oxygens (including phenoxy) is 1. The molecule has 6 nitrogen and oxygen atoms in total. The van der Waals surface area contributed by atoms with Crippen molar-refractivity contribution in [1.82, 2.24) is 4.98 Å². The van der Waals surface area contributed by atoms with Gasteiger partial charge in [-0.05, 0) is 22.6 Å². The molecule has 0 radical (unpaired) electrons. The fourth-order valence-corrected chi connectivity index (χ4v) is 1.87. The van der Waals surface area contributed by atoms with Crippen molar-refractivity contribution in [2.24, 2.45) is 0 Å². The zero-order valence-corrected chi connectivity index (χ0v) is 11.2. The first-order valence-corrected chi connectivity index (χ1v) is 5.63. The standard InChI is InChI=1S/C9H7F2IN2O4/c1-18-6(15)2-4-5(12)3-13-7(9(10)11)8(4)14(16)17/h3,9H,2H2,1H3. The van der Waals surface area contributed by atoms with Gasteiger partial charge >= 0.3 is 11.7 Å². The van der Waals surface area contributed by atoms with Crippen molar-refractivity contribution in [1.29, 1.82) is 0 Å². The van der Waals surface area contributed by atoms with Gasteiger partial charge in [0.15, 0.2) is 5.69 Å². The second-order valence-corrected chi connectivity index (χ2v) is 4.29. The molecule has 0 spiro atoms. The Bertz CT molecular complexity index is 496. The smallest absolute Gasteiger partial charge is 0.310 e. The molecule has 1 aromatic rings. The molecule has 98 valence electrons. The summed E-state index contributed by atoms with van der Waals surface area (Å²) in [4.78, 5) is 24.4. The molecule has 0 bridgehead atoms. The lowest BCUT2D eigenvalue weighted by molar-refractivity contribution is -0.387. The summed E-state index contributed by atoms with van der Waals surface area (Å²) in [5, 5.41) is 10.8. The highest BCUT2D eigenvalue weighted by Crippen LogP contribution is 2.32. The number of rotatable bonds is 4. The van der Waals surface area contributed by atoms with Crippen LogP contribution in [-0.4, -0.2) is 23.0 Å². The van der Waals surface area contributed by atoms with Crippen LogP contribution >= 0.6 is 22.6 Å². The molecule has 18 heavy (non-hydrogen) atoms. The largest absolute Gasteiger partial charge is 0.469 e. The van der Waals surface area contributed by atoms with Gasteiger partial charge in [-0.3, -0.25) is 14.9 Å². The summed E-state index contributed by atoms with van der Waals surface area (Å²) < 4.78 is 29.9. The maximum Gasteiger partial charge on any atom is 0.310 e. The second-order valence-electron chi connectivity index (χ2n) is 3.13. The van der Waals surface area contributed by atoms with Crippen molar-refractivity contribution < 1.29 is 23.2 Å². The molecule has 0 amide bonds. The van der Waals surface area contributed by atoms with E-state index < -0.39 is 35.1 Å². The SMILES string of the molecule is COC(=O)Cc1c(I)cnc(C(F)F)c1[N+](=O)[O-]. The minimum absolute atomic E-state index is 0.113. The van der Waals surface area contributed by atoms with Crippen LogP contribution in [0.5, 0.6) is 0 Å². The van der Waals surface area contributed by atoms with Gasteiger partial charge in [0.2, 0.25) is 0 Å². The van der Waals surface area contributed by atoms with Crippen molar-refractivity contribution in [3.05, 3.63) is 31.1 Å². The zero-order chi connectivity index (χ0) is 13.9. The fraction of sp³-hybridized carbons (Fsp3) is 0.333. The highest BCUT2D eigenvalue weighted by molar-refractivity contribution is 14.1. The van der Waals surface area contributed by atoms with E-state index in [-0.39, 0.29) is 9.13 Å². The van der Waals surface area contributed by atoms with E-state index in [9.17, 15) is 23.7 Å². The number of methoxy groups -OCH3 is 1. The Balaban J connectivity index is 3.41. The van der Waals surface area contributed by atoms with Gasteiger partial charge in [0.1, 0.15) is 0 Å². The molecule has 0 saturated carbocycles. The van der Waals surface area contributed by atoms with Gasteiger partial charge < -0.3 is 4.74 Å². The molecule has 0 aliphatic rings. The highest BCUT2D eigenvalue weighted by atomic mass is 127. The summed E-state index contributed by atoms with van der Waals surface area (Å²) in [6.45, 7) is 0. The summed E-state index contributed by atoms with van der Waals surface area (Å²) in [6, 6.07) is 0. The first kappa shape index (κ1) is 14.7. The minimum atomic E-state index is -3.08. The van der Waals surface area contributed by atoms with E-state index in [4.69, 9.17) is 0 Å². The van der Waals surface area contributed by atoms with Crippen LogP contribution < -0.4 is 0 Å². The Morgan fingerprint density at radius 1 is 1.67 bits per heavy atom. The number of pyridine rings is 1. The van der Waals surface area contributed by atoms with Gasteiger partial charge in [-0.1, -0.05) is 0 Å². The molecular weight excluding hydrogens is 365 g/mol. The number of nitro groups is 1. The van der Waals surface area contributed by atoms with E-state index >= 15 is 0 Å². The van der Waals surface area contributed by atoms with Gasteiger partial charge in [0.05, 0.1) is 24.0 Å². The molecule has 1 rings (SSSR count). The van der Waals surface area contributed by atoms with Crippen molar-refractivity contribution in [2.45, 2.75) is 12.8 Å². The van der Waals surface area contributed by atoms with Crippen LogP contribution in [0.15, 0.2) is 6.20 Å². The Kier molecular flexibility index (Phi) is 4.87. The zero-order valence-electron chi connectivity index (χ0n) is 9.02. The predicted octanol–water partition coefficient (Wildman–Crippen LogP) is 2.25. The maximum atomic E-state index is 12.6. The number of nitrogens with zero attached hydrogens (tertiary/aromatic N) is 2. The van der Waals surface area contributed by atoms with Crippen LogP contribution in [0.25, 0.3) is 0 Å². The molecule has 0 aliphatic carbocycles. The van der Waals surface area contributed by atoms with Gasteiger partial charge in [-0.25, -0.2) is 13.8 Å². The number of hydrogen-bond donors (Lipinski definition) is 0. The van der Waals surface area contributed by atoms with Gasteiger partial charge in [-0.15, -0.1) is 0 Å². The Morgan fingerprint density at radius 2 is 2.28 bits per heavy atom. The Hall–Kier alpha value is -1.39. The topological polar surface area (TPSA) is 82.3 Å². The van der Waals surface area contributed by atoms with Crippen LogP contribution in [0, 0.1) is 13.7 Å². The van der Waals surface area contributed by atoms with Crippen LogP contribution in [0.4, 0.5) is 14.5 Å². The number of hydrogen-bond acceptors (Lipinski definition) is 5. The number of aromatic nitrogens is 1. The molecule has 0 atom stereocenters. The first-order chi connectivity index (χ1) is 8.38. The van der Waals surface area contributed by atoms with Gasteiger partial charge in [0.25, 0.3) is 6.43 Å². The number of alkyl halides is 2. The number of carbonyl (C=O) groups excluding carboxylic acids is 1. The lowest BCUT2D eigenvalue weighted by Gasteiger charge is -2.08. The lowest BCUT2D eigenvalue weighted by atomic mass is 10.1. The molecule has 1 heterocycles. The normalized spacial score (nSPS) is 10.5. The number of esters is 1. The molecule has 9 heteroatoms. The van der Waals surface area contributed by atoms with E-state index in [0.717, 1.165) is 13.3 Å². The average molecular weight is 372 g/mol. The van der Waals surface area contributed by atoms with Crippen molar-refractivity contribution in [2.75, 3.05) is 7.11 Å². The average Bonchev–Trinajstić information content (AvgIpc) is 2.30. The second kappa shape index (κ2) is 5.98. The fourth-order valence-electron chi connectivity index (χ4n) is 1.28. The van der Waals surface area contributed by atoms with Gasteiger partial charge in [-0.2, -0.15) is 0 Å². The molecule has 0 aliphatic heterocycles. The summed E-state index contributed by atoms with van der Waals surface area (Å²) in [5.74, 6) is -0.748. The van der Waals surface area contributed by atoms with Gasteiger partial charge in [0, 0.05) is 9.77 Å². The molecule has 0 saturated heterocycles. The molecule has 0 aromatic carbocycles. The lowest BCUT2D eigenvalue weighted by Crippen LogP contribution is -2.11. The summed E-state index contributed by atoms with van der Waals surface area (Å²) in [5.41, 5.74) is -1.89. The Labute approximate surface area is 114 Å². The third-order valence-electron chi connectivity index (χ3n) is 2.07. The quantitative estimate of drug-likeness (QED) is 0.351. The first-order valence-electron chi connectivity index (χ1n) is 4.55. The van der Waals surface area contributed by atoms with Crippen molar-refractivity contribution in [3.63, 3.8) is 0 Å². The highest BCUT2D eigenvalue weighted by Gasteiger charge is 2.30. The third-order valence-corrected chi connectivity index (χ3v) is 3.00. The van der Waals surface area contributed by atoms with Crippen molar-refractivity contribution in [3.8, 4) is 0 Å². The summed E-state index contributed by atoms with van der Waals surface area (Å²) in [6.07, 6.45) is -2.47. The molecule has 0 fully saturated rings. The van der Waals surface area contributed by atoms with E-state index in [2.05, 4.69) is 9.72 Å². The third kappa shape index (κ3) is 3.09.